The second kappa shape index (κ2) is 5.85. The second-order valence-electron chi connectivity index (χ2n) is 4.53. The Bertz CT molecular complexity index is 593. The maximum absolute atomic E-state index is 12.9. The van der Waals surface area contributed by atoms with Gasteiger partial charge in [0.25, 0.3) is 0 Å². The lowest BCUT2D eigenvalue weighted by molar-refractivity contribution is 0.0387. The van der Waals surface area contributed by atoms with Crippen molar-refractivity contribution in [3.63, 3.8) is 0 Å². The predicted molar refractivity (Wildman–Crippen MR) is 77.0 cm³/mol. The van der Waals surface area contributed by atoms with Gasteiger partial charge in [0, 0.05) is 11.0 Å². The highest BCUT2D eigenvalue weighted by Gasteiger charge is 2.24. The molecule has 0 spiro atoms. The fraction of sp³-hybridized carbons (Fsp3) is 0.286. The molecule has 0 N–H and O–H groups in total. The molecular formula is C14H13BrFN3O. The summed E-state index contributed by atoms with van der Waals surface area (Å²) in [6.45, 7) is 1.94. The van der Waals surface area contributed by atoms with E-state index in [-0.39, 0.29) is 6.10 Å². The third-order valence-electron chi connectivity index (χ3n) is 3.21. The molecule has 1 aliphatic rings. The van der Waals surface area contributed by atoms with Gasteiger partial charge in [-0.25, -0.2) is 14.4 Å². The van der Waals surface area contributed by atoms with Crippen LogP contribution in [-0.2, 0) is 4.74 Å². The molecule has 0 aliphatic carbocycles. The molecule has 1 aliphatic heterocycles. The van der Waals surface area contributed by atoms with Gasteiger partial charge in [-0.2, -0.15) is 0 Å². The summed E-state index contributed by atoms with van der Waals surface area (Å²) in [4.78, 5) is 10.1. The van der Waals surface area contributed by atoms with E-state index in [9.17, 15) is 4.39 Å². The zero-order valence-corrected chi connectivity index (χ0v) is 12.3. The SMILES string of the molecule is Fc1cnc(N2CCOC(c3ccccc3Br)C2)nc1. The van der Waals surface area contributed by atoms with E-state index in [1.165, 1.54) is 12.4 Å². The maximum Gasteiger partial charge on any atom is 0.225 e. The molecule has 2 heterocycles. The predicted octanol–water partition coefficient (Wildman–Crippen LogP) is 2.96. The highest BCUT2D eigenvalue weighted by Crippen LogP contribution is 2.29. The van der Waals surface area contributed by atoms with Gasteiger partial charge in [0.1, 0.15) is 6.10 Å². The zero-order chi connectivity index (χ0) is 13.9. The minimum Gasteiger partial charge on any atom is -0.370 e. The Hall–Kier alpha value is -1.53. The molecule has 20 heavy (non-hydrogen) atoms. The van der Waals surface area contributed by atoms with E-state index in [0.717, 1.165) is 10.0 Å². The number of hydrogen-bond acceptors (Lipinski definition) is 4. The van der Waals surface area contributed by atoms with Crippen molar-refractivity contribution in [1.82, 2.24) is 9.97 Å². The first-order valence-electron chi connectivity index (χ1n) is 6.32. The highest BCUT2D eigenvalue weighted by molar-refractivity contribution is 9.10. The Morgan fingerprint density at radius 1 is 1.25 bits per heavy atom. The van der Waals surface area contributed by atoms with Gasteiger partial charge in [-0.15, -0.1) is 0 Å². The Morgan fingerprint density at radius 3 is 2.75 bits per heavy atom. The molecule has 2 aromatic rings. The summed E-state index contributed by atoms with van der Waals surface area (Å²) in [5.74, 6) is 0.108. The molecular weight excluding hydrogens is 325 g/mol. The van der Waals surface area contributed by atoms with E-state index in [0.29, 0.717) is 25.6 Å². The molecule has 3 rings (SSSR count). The summed E-state index contributed by atoms with van der Waals surface area (Å²) in [6.07, 6.45) is 2.32. The maximum atomic E-state index is 12.9. The van der Waals surface area contributed by atoms with Crippen LogP contribution in [0.1, 0.15) is 11.7 Å². The number of anilines is 1. The van der Waals surface area contributed by atoms with Crippen LogP contribution in [-0.4, -0.2) is 29.7 Å². The lowest BCUT2D eigenvalue weighted by atomic mass is 10.1. The molecule has 0 bridgehead atoms. The fourth-order valence-electron chi connectivity index (χ4n) is 2.22. The monoisotopic (exact) mass is 337 g/mol. The van der Waals surface area contributed by atoms with Crippen LogP contribution in [0.2, 0.25) is 0 Å². The van der Waals surface area contributed by atoms with Crippen molar-refractivity contribution < 1.29 is 9.13 Å². The summed E-state index contributed by atoms with van der Waals surface area (Å²) in [5.41, 5.74) is 1.10. The smallest absolute Gasteiger partial charge is 0.225 e. The fourth-order valence-corrected chi connectivity index (χ4v) is 2.76. The molecule has 4 nitrogen and oxygen atoms in total. The van der Waals surface area contributed by atoms with Gasteiger partial charge >= 0.3 is 0 Å². The minimum atomic E-state index is -0.427. The molecule has 0 saturated carbocycles. The third-order valence-corrected chi connectivity index (χ3v) is 3.93. The summed E-state index contributed by atoms with van der Waals surface area (Å²) in [5, 5.41) is 0. The van der Waals surface area contributed by atoms with Gasteiger partial charge in [0.15, 0.2) is 5.82 Å². The van der Waals surface area contributed by atoms with Crippen molar-refractivity contribution in [2.24, 2.45) is 0 Å². The largest absolute Gasteiger partial charge is 0.370 e. The van der Waals surface area contributed by atoms with Crippen LogP contribution in [0.3, 0.4) is 0 Å². The molecule has 1 fully saturated rings. The molecule has 0 radical (unpaired) electrons. The number of nitrogens with zero attached hydrogens (tertiary/aromatic N) is 3. The Balaban J connectivity index is 1.80. The van der Waals surface area contributed by atoms with Gasteiger partial charge in [-0.05, 0) is 11.6 Å². The van der Waals surface area contributed by atoms with Gasteiger partial charge in [-0.3, -0.25) is 0 Å². The summed E-state index contributed by atoms with van der Waals surface area (Å²) in [7, 11) is 0. The number of morpholine rings is 1. The van der Waals surface area contributed by atoms with Gasteiger partial charge in [0.2, 0.25) is 5.95 Å². The van der Waals surface area contributed by atoms with Crippen molar-refractivity contribution in [2.75, 3.05) is 24.6 Å². The Kier molecular flexibility index (Phi) is 3.93. The quantitative estimate of drug-likeness (QED) is 0.844. The minimum absolute atomic E-state index is 0.0482. The van der Waals surface area contributed by atoms with Crippen molar-refractivity contribution in [3.05, 3.63) is 52.5 Å². The molecule has 1 aromatic heterocycles. The summed E-state index contributed by atoms with van der Waals surface area (Å²) in [6, 6.07) is 7.98. The molecule has 1 unspecified atom stereocenters. The molecule has 1 atom stereocenters. The first-order chi connectivity index (χ1) is 9.74. The molecule has 1 saturated heterocycles. The highest BCUT2D eigenvalue weighted by atomic mass is 79.9. The van der Waals surface area contributed by atoms with E-state index in [1.54, 1.807) is 0 Å². The number of benzene rings is 1. The Labute approximate surface area is 124 Å². The average molecular weight is 338 g/mol. The normalized spacial score (nSPS) is 19.1. The first-order valence-corrected chi connectivity index (χ1v) is 7.12. The lowest BCUT2D eigenvalue weighted by Gasteiger charge is -2.33. The van der Waals surface area contributed by atoms with E-state index < -0.39 is 5.82 Å². The van der Waals surface area contributed by atoms with E-state index in [4.69, 9.17) is 4.74 Å². The van der Waals surface area contributed by atoms with Crippen LogP contribution in [0.15, 0.2) is 41.1 Å². The first kappa shape index (κ1) is 13.5. The van der Waals surface area contributed by atoms with E-state index in [1.807, 2.05) is 29.2 Å². The average Bonchev–Trinajstić information content (AvgIpc) is 2.49. The van der Waals surface area contributed by atoms with Crippen molar-refractivity contribution in [3.8, 4) is 0 Å². The topological polar surface area (TPSA) is 38.2 Å². The molecule has 1 aromatic carbocycles. The van der Waals surface area contributed by atoms with Crippen LogP contribution < -0.4 is 4.90 Å². The van der Waals surface area contributed by atoms with Crippen LogP contribution in [0.4, 0.5) is 10.3 Å². The second-order valence-corrected chi connectivity index (χ2v) is 5.38. The van der Waals surface area contributed by atoms with Gasteiger partial charge in [-0.1, -0.05) is 34.1 Å². The molecule has 104 valence electrons. The number of rotatable bonds is 2. The number of aromatic nitrogens is 2. The van der Waals surface area contributed by atoms with E-state index >= 15 is 0 Å². The number of ether oxygens (including phenoxy) is 1. The summed E-state index contributed by atoms with van der Waals surface area (Å²) >= 11 is 3.54. The zero-order valence-electron chi connectivity index (χ0n) is 10.7. The Morgan fingerprint density at radius 2 is 2.00 bits per heavy atom. The van der Waals surface area contributed by atoms with Crippen LogP contribution >= 0.6 is 15.9 Å². The van der Waals surface area contributed by atoms with Gasteiger partial charge in [0.05, 0.1) is 25.5 Å². The van der Waals surface area contributed by atoms with Crippen molar-refractivity contribution >= 4 is 21.9 Å². The third kappa shape index (κ3) is 2.81. The lowest BCUT2D eigenvalue weighted by Crippen LogP contribution is -2.39. The van der Waals surface area contributed by atoms with Gasteiger partial charge < -0.3 is 9.64 Å². The van der Waals surface area contributed by atoms with Crippen LogP contribution in [0.5, 0.6) is 0 Å². The van der Waals surface area contributed by atoms with Crippen LogP contribution in [0, 0.1) is 5.82 Å². The van der Waals surface area contributed by atoms with Crippen molar-refractivity contribution in [2.45, 2.75) is 6.10 Å². The number of hydrogen-bond donors (Lipinski definition) is 0. The molecule has 0 amide bonds. The standard InChI is InChI=1S/C14H13BrFN3O/c15-12-4-2-1-3-11(12)13-9-19(5-6-20-13)14-17-7-10(16)8-18-14/h1-4,7-8,13H,5-6,9H2. The number of halogens is 2. The van der Waals surface area contributed by atoms with Crippen LogP contribution in [0.25, 0.3) is 0 Å². The molecule has 6 heteroatoms. The summed E-state index contributed by atoms with van der Waals surface area (Å²) < 4.78 is 19.7. The van der Waals surface area contributed by atoms with E-state index in [2.05, 4.69) is 25.9 Å². The van der Waals surface area contributed by atoms with Crippen molar-refractivity contribution in [1.29, 1.82) is 0 Å².